The molecule has 0 fully saturated rings. The molecule has 0 saturated carbocycles. The summed E-state index contributed by atoms with van der Waals surface area (Å²) in [6.45, 7) is 3.65. The third kappa shape index (κ3) is 10.4. The van der Waals surface area contributed by atoms with E-state index in [1.54, 1.807) is 19.1 Å². The third-order valence-electron chi connectivity index (χ3n) is 6.57. The number of hydrogen-bond acceptors (Lipinski definition) is 8. The zero-order chi connectivity index (χ0) is 30.7. The maximum atomic E-state index is 13.5. The first kappa shape index (κ1) is 32.6. The summed E-state index contributed by atoms with van der Waals surface area (Å²) in [6, 6.07) is 6.36. The van der Waals surface area contributed by atoms with Gasteiger partial charge in [-0.3, -0.25) is 19.2 Å². The van der Waals surface area contributed by atoms with Gasteiger partial charge in [0, 0.05) is 12.8 Å². The lowest BCUT2D eigenvalue weighted by Gasteiger charge is -2.26. The lowest BCUT2D eigenvalue weighted by Crippen LogP contribution is -2.58. The summed E-state index contributed by atoms with van der Waals surface area (Å²) in [5, 5.41) is 44.9. The summed E-state index contributed by atoms with van der Waals surface area (Å²) in [7, 11) is 0. The number of carbonyl (C=O) groups is 5. The third-order valence-corrected chi connectivity index (χ3v) is 6.57. The quantitative estimate of drug-likeness (QED) is 0.145. The van der Waals surface area contributed by atoms with Crippen LogP contribution in [0.5, 0.6) is 11.5 Å². The molecular weight excluding hydrogens is 536 g/mol. The normalized spacial score (nSPS) is 14.5. The van der Waals surface area contributed by atoms with Gasteiger partial charge in [0.25, 0.3) is 0 Å². The molecule has 5 atom stereocenters. The molecular formula is C28H36N4O9. The van der Waals surface area contributed by atoms with E-state index in [9.17, 15) is 39.3 Å². The molecule has 222 valence electrons. The van der Waals surface area contributed by atoms with E-state index >= 15 is 0 Å². The van der Waals surface area contributed by atoms with Crippen molar-refractivity contribution in [3.05, 3.63) is 59.7 Å². The first-order chi connectivity index (χ1) is 19.3. The van der Waals surface area contributed by atoms with Gasteiger partial charge in [0.2, 0.25) is 17.7 Å². The van der Waals surface area contributed by atoms with Crippen molar-refractivity contribution < 1.29 is 44.4 Å². The molecule has 5 unspecified atom stereocenters. The minimum atomic E-state index is -1.76. The van der Waals surface area contributed by atoms with Crippen LogP contribution in [0.15, 0.2) is 48.5 Å². The predicted octanol–water partition coefficient (Wildman–Crippen LogP) is 0.270. The largest absolute Gasteiger partial charge is 0.508 e. The highest BCUT2D eigenvalue weighted by molar-refractivity contribution is 5.95. The van der Waals surface area contributed by atoms with Crippen molar-refractivity contribution in [2.75, 3.05) is 0 Å². The molecule has 2 rings (SSSR count). The van der Waals surface area contributed by atoms with Crippen molar-refractivity contribution in [3.63, 3.8) is 0 Å². The minimum absolute atomic E-state index is 0.00226. The number of hydrogen-bond donors (Lipinski definition) is 8. The highest BCUT2D eigenvalue weighted by Crippen LogP contribution is 2.14. The van der Waals surface area contributed by atoms with E-state index in [0.717, 1.165) is 0 Å². The van der Waals surface area contributed by atoms with Crippen LogP contribution in [-0.2, 0) is 36.8 Å². The zero-order valence-corrected chi connectivity index (χ0v) is 22.7. The molecule has 2 aromatic rings. The SMILES string of the molecule is CCC(C)C(N)C(=O)NC(Cc1ccc(O)cc1)C(=O)NC(Cc1ccc(O)cc1)C(=O)NC(CC(=O)O)C(=O)O. The number of carboxylic acids is 2. The Bertz CT molecular complexity index is 1220. The van der Waals surface area contributed by atoms with Crippen molar-refractivity contribution in [1.82, 2.24) is 16.0 Å². The molecule has 0 aliphatic heterocycles. The lowest BCUT2D eigenvalue weighted by molar-refractivity contribution is -0.147. The maximum absolute atomic E-state index is 13.5. The predicted molar refractivity (Wildman–Crippen MR) is 147 cm³/mol. The fraction of sp³-hybridized carbons (Fsp3) is 0.393. The van der Waals surface area contributed by atoms with Crippen LogP contribution in [0.2, 0.25) is 0 Å². The van der Waals surface area contributed by atoms with Crippen molar-refractivity contribution >= 4 is 29.7 Å². The van der Waals surface area contributed by atoms with Crippen LogP contribution in [0.1, 0.15) is 37.8 Å². The van der Waals surface area contributed by atoms with Gasteiger partial charge >= 0.3 is 11.9 Å². The van der Waals surface area contributed by atoms with Crippen molar-refractivity contribution in [2.24, 2.45) is 11.7 Å². The van der Waals surface area contributed by atoms with Gasteiger partial charge in [-0.05, 0) is 41.3 Å². The summed E-state index contributed by atoms with van der Waals surface area (Å²) in [4.78, 5) is 62.2. The average molecular weight is 573 g/mol. The number of aromatic hydroxyl groups is 2. The van der Waals surface area contributed by atoms with Crippen LogP contribution >= 0.6 is 0 Å². The van der Waals surface area contributed by atoms with E-state index < -0.39 is 60.2 Å². The highest BCUT2D eigenvalue weighted by atomic mass is 16.4. The molecule has 0 bridgehead atoms. The Hall–Kier alpha value is -4.65. The van der Waals surface area contributed by atoms with Gasteiger partial charge in [0.15, 0.2) is 0 Å². The van der Waals surface area contributed by atoms with Gasteiger partial charge in [-0.15, -0.1) is 0 Å². The lowest BCUT2D eigenvalue weighted by atomic mass is 9.98. The summed E-state index contributed by atoms with van der Waals surface area (Å²) in [5.41, 5.74) is 7.12. The number of amides is 3. The van der Waals surface area contributed by atoms with Crippen LogP contribution in [0.25, 0.3) is 0 Å². The smallest absolute Gasteiger partial charge is 0.326 e. The van der Waals surface area contributed by atoms with E-state index in [2.05, 4.69) is 16.0 Å². The highest BCUT2D eigenvalue weighted by Gasteiger charge is 2.32. The van der Waals surface area contributed by atoms with Crippen molar-refractivity contribution in [1.29, 1.82) is 0 Å². The number of nitrogens with two attached hydrogens (primary N) is 1. The van der Waals surface area contributed by atoms with Gasteiger partial charge in [-0.1, -0.05) is 44.5 Å². The molecule has 41 heavy (non-hydrogen) atoms. The van der Waals surface area contributed by atoms with Crippen LogP contribution in [0.4, 0.5) is 0 Å². The molecule has 2 aromatic carbocycles. The summed E-state index contributed by atoms with van der Waals surface area (Å²) >= 11 is 0. The van der Waals surface area contributed by atoms with Crippen LogP contribution in [0.3, 0.4) is 0 Å². The van der Waals surface area contributed by atoms with E-state index in [-0.39, 0.29) is 30.3 Å². The second-order valence-corrected chi connectivity index (χ2v) is 9.77. The number of aliphatic carboxylic acids is 2. The number of nitrogens with one attached hydrogen (secondary N) is 3. The van der Waals surface area contributed by atoms with Crippen LogP contribution < -0.4 is 21.7 Å². The number of carbonyl (C=O) groups excluding carboxylic acids is 3. The molecule has 9 N–H and O–H groups in total. The monoisotopic (exact) mass is 572 g/mol. The number of phenolic OH excluding ortho intramolecular Hbond substituents is 2. The zero-order valence-electron chi connectivity index (χ0n) is 22.7. The standard InChI is InChI=1S/C28H36N4O9/c1-3-15(2)24(29)27(39)31-21(13-17-6-10-19(34)11-7-17)25(37)30-20(12-16-4-8-18(33)9-5-16)26(38)32-22(28(40)41)14-23(35)36/h4-11,15,20-22,24,33-34H,3,12-14,29H2,1-2H3,(H,30,37)(H,31,39)(H,32,38)(H,35,36)(H,40,41). The molecule has 0 aliphatic rings. The Labute approximate surface area is 236 Å². The van der Waals surface area contributed by atoms with Crippen LogP contribution in [-0.4, -0.2) is 74.3 Å². The number of carboxylic acid groups (broad SMARTS) is 2. The first-order valence-corrected chi connectivity index (χ1v) is 13.0. The molecule has 0 aromatic heterocycles. The van der Waals surface area contributed by atoms with Crippen molar-refractivity contribution in [2.45, 2.75) is 63.7 Å². The van der Waals surface area contributed by atoms with Gasteiger partial charge in [-0.25, -0.2) is 4.79 Å². The molecule has 3 amide bonds. The molecule has 13 nitrogen and oxygen atoms in total. The number of rotatable bonds is 15. The Morgan fingerprint density at radius 1 is 0.707 bits per heavy atom. The summed E-state index contributed by atoms with van der Waals surface area (Å²) < 4.78 is 0. The molecule has 13 heteroatoms. The van der Waals surface area contributed by atoms with Gasteiger partial charge in [0.05, 0.1) is 12.5 Å². The topological polar surface area (TPSA) is 228 Å². The fourth-order valence-electron chi connectivity index (χ4n) is 3.85. The van der Waals surface area contributed by atoms with Gasteiger partial charge in [0.1, 0.15) is 29.6 Å². The second-order valence-electron chi connectivity index (χ2n) is 9.77. The Morgan fingerprint density at radius 3 is 1.46 bits per heavy atom. The van der Waals surface area contributed by atoms with Gasteiger partial charge in [-0.2, -0.15) is 0 Å². The van der Waals surface area contributed by atoms with Gasteiger partial charge < -0.3 is 42.1 Å². The van der Waals surface area contributed by atoms with Crippen molar-refractivity contribution in [3.8, 4) is 11.5 Å². The van der Waals surface area contributed by atoms with E-state index in [4.69, 9.17) is 10.8 Å². The number of phenols is 2. The van der Waals surface area contributed by atoms with Crippen LogP contribution in [0, 0.1) is 5.92 Å². The van der Waals surface area contributed by atoms with E-state index in [0.29, 0.717) is 17.5 Å². The Kier molecular flexibility index (Phi) is 12.1. The molecule has 0 saturated heterocycles. The Balaban J connectivity index is 2.36. The maximum Gasteiger partial charge on any atom is 0.326 e. The summed E-state index contributed by atoms with van der Waals surface area (Å²) in [5.74, 6) is -5.61. The second kappa shape index (κ2) is 15.2. The minimum Gasteiger partial charge on any atom is -0.508 e. The van der Waals surface area contributed by atoms with E-state index in [1.807, 2.05) is 6.92 Å². The first-order valence-electron chi connectivity index (χ1n) is 13.0. The number of benzene rings is 2. The average Bonchev–Trinajstić information content (AvgIpc) is 2.92. The van der Waals surface area contributed by atoms with E-state index in [1.165, 1.54) is 36.4 Å². The molecule has 0 aliphatic carbocycles. The Morgan fingerprint density at radius 2 is 1.10 bits per heavy atom. The molecule has 0 heterocycles. The fourth-order valence-corrected chi connectivity index (χ4v) is 3.85. The molecule has 0 spiro atoms. The summed E-state index contributed by atoms with van der Waals surface area (Å²) in [6.07, 6.45) is -0.466. The molecule has 0 radical (unpaired) electrons.